The van der Waals surface area contributed by atoms with Crippen molar-refractivity contribution in [1.82, 2.24) is 10.3 Å². The Hall–Kier alpha value is -2.44. The Balaban J connectivity index is 1.70. The van der Waals surface area contributed by atoms with Crippen LogP contribution in [0.1, 0.15) is 15.9 Å². The number of fused-ring (bicyclic) bond motifs is 1. The zero-order chi connectivity index (χ0) is 18.7. The number of carbonyl (C=O) groups excluding carboxylic acids is 2. The molecule has 0 saturated heterocycles. The van der Waals surface area contributed by atoms with Crippen LogP contribution in [0.3, 0.4) is 0 Å². The normalized spacial score (nSPS) is 10.6. The average molecular weight is 433 g/mol. The Morgan fingerprint density at radius 1 is 1.19 bits per heavy atom. The lowest BCUT2D eigenvalue weighted by Gasteiger charge is -2.10. The van der Waals surface area contributed by atoms with Gasteiger partial charge in [0.1, 0.15) is 0 Å². The molecule has 0 aliphatic carbocycles. The molecule has 0 unspecified atom stereocenters. The van der Waals surface area contributed by atoms with E-state index in [2.05, 4.69) is 31.5 Å². The van der Waals surface area contributed by atoms with Gasteiger partial charge in [0.15, 0.2) is 0 Å². The van der Waals surface area contributed by atoms with Gasteiger partial charge in [0.25, 0.3) is 5.91 Å². The first kappa shape index (κ1) is 18.4. The minimum absolute atomic E-state index is 0.158. The number of hydrogen-bond acceptors (Lipinski definition) is 3. The molecule has 0 aliphatic rings. The lowest BCUT2D eigenvalue weighted by molar-refractivity contribution is -0.115. The van der Waals surface area contributed by atoms with E-state index in [1.165, 1.54) is 0 Å². The molecule has 0 spiro atoms. The van der Waals surface area contributed by atoms with Gasteiger partial charge in [0.2, 0.25) is 5.91 Å². The Kier molecular flexibility index (Phi) is 5.54. The second-order valence-electron chi connectivity index (χ2n) is 5.72. The first-order valence-electron chi connectivity index (χ1n) is 7.82. The van der Waals surface area contributed by atoms with E-state index in [4.69, 9.17) is 11.6 Å². The Morgan fingerprint density at radius 2 is 2.00 bits per heavy atom. The maximum atomic E-state index is 12.5. The Morgan fingerprint density at radius 3 is 2.77 bits per heavy atom. The number of anilines is 1. The minimum Gasteiger partial charge on any atom is -0.343 e. The van der Waals surface area contributed by atoms with Gasteiger partial charge in [0.05, 0.1) is 17.6 Å². The van der Waals surface area contributed by atoms with E-state index >= 15 is 0 Å². The molecule has 2 aromatic carbocycles. The number of pyridine rings is 1. The van der Waals surface area contributed by atoms with Crippen molar-refractivity contribution in [1.29, 1.82) is 0 Å². The second-order valence-corrected chi connectivity index (χ2v) is 7.07. The second kappa shape index (κ2) is 7.85. The molecule has 132 valence electrons. The van der Waals surface area contributed by atoms with Crippen molar-refractivity contribution in [3.63, 3.8) is 0 Å². The van der Waals surface area contributed by atoms with Crippen LogP contribution in [0.4, 0.5) is 5.69 Å². The van der Waals surface area contributed by atoms with Gasteiger partial charge in [0, 0.05) is 26.8 Å². The predicted molar refractivity (Wildman–Crippen MR) is 107 cm³/mol. The van der Waals surface area contributed by atoms with Crippen molar-refractivity contribution in [2.45, 2.75) is 6.92 Å². The number of benzene rings is 2. The van der Waals surface area contributed by atoms with Crippen molar-refractivity contribution in [3.8, 4) is 0 Å². The summed E-state index contributed by atoms with van der Waals surface area (Å²) in [7, 11) is 0. The number of halogens is 2. The summed E-state index contributed by atoms with van der Waals surface area (Å²) in [5.74, 6) is -0.720. The number of rotatable bonds is 4. The van der Waals surface area contributed by atoms with Crippen LogP contribution in [0.25, 0.3) is 10.9 Å². The molecular formula is C19H15BrClN3O2. The quantitative estimate of drug-likeness (QED) is 0.645. The fourth-order valence-electron chi connectivity index (χ4n) is 2.55. The molecule has 3 rings (SSSR count). The van der Waals surface area contributed by atoms with Crippen LogP contribution in [-0.4, -0.2) is 23.3 Å². The number of nitrogens with one attached hydrogen (secondary N) is 2. The zero-order valence-electron chi connectivity index (χ0n) is 13.8. The third-order valence-corrected chi connectivity index (χ3v) is 4.50. The van der Waals surface area contributed by atoms with Gasteiger partial charge < -0.3 is 10.6 Å². The van der Waals surface area contributed by atoms with Crippen molar-refractivity contribution >= 4 is 55.9 Å². The van der Waals surface area contributed by atoms with Crippen LogP contribution < -0.4 is 10.6 Å². The van der Waals surface area contributed by atoms with Crippen molar-refractivity contribution in [2.75, 3.05) is 11.9 Å². The molecule has 0 fully saturated rings. The molecule has 1 heterocycles. The Labute approximate surface area is 163 Å². The van der Waals surface area contributed by atoms with Crippen molar-refractivity contribution < 1.29 is 9.59 Å². The summed E-state index contributed by atoms with van der Waals surface area (Å²) in [6, 6.07) is 12.4. The van der Waals surface area contributed by atoms with Crippen LogP contribution in [0.2, 0.25) is 5.02 Å². The fraction of sp³-hybridized carbons (Fsp3) is 0.105. The van der Waals surface area contributed by atoms with Gasteiger partial charge >= 0.3 is 0 Å². The van der Waals surface area contributed by atoms with Gasteiger partial charge in [-0.05, 0) is 48.9 Å². The molecule has 1 aromatic heterocycles. The van der Waals surface area contributed by atoms with Crippen LogP contribution in [0.15, 0.2) is 53.1 Å². The largest absolute Gasteiger partial charge is 0.343 e. The highest BCUT2D eigenvalue weighted by atomic mass is 79.9. The fourth-order valence-corrected chi connectivity index (χ4v) is 3.25. The number of aryl methyl sites for hydroxylation is 1. The SMILES string of the molecule is Cc1cc(Br)ccc1NC(=O)CNC(=O)c1cc(Cl)cc2cccnc12. The maximum absolute atomic E-state index is 12.5. The molecule has 5 nitrogen and oxygen atoms in total. The third-order valence-electron chi connectivity index (χ3n) is 3.79. The summed E-state index contributed by atoms with van der Waals surface area (Å²) in [4.78, 5) is 28.9. The molecule has 2 N–H and O–H groups in total. The summed E-state index contributed by atoms with van der Waals surface area (Å²) in [6.45, 7) is 1.73. The predicted octanol–water partition coefficient (Wildman–Crippen LogP) is 4.33. The zero-order valence-corrected chi connectivity index (χ0v) is 16.2. The van der Waals surface area contributed by atoms with E-state index in [0.29, 0.717) is 21.8 Å². The summed E-state index contributed by atoms with van der Waals surface area (Å²) in [6.07, 6.45) is 1.61. The molecule has 0 aliphatic heterocycles. The van der Waals surface area contributed by atoms with E-state index < -0.39 is 5.91 Å². The van der Waals surface area contributed by atoms with Crippen LogP contribution in [-0.2, 0) is 4.79 Å². The molecule has 26 heavy (non-hydrogen) atoms. The van der Waals surface area contributed by atoms with Crippen LogP contribution >= 0.6 is 27.5 Å². The van der Waals surface area contributed by atoms with Gasteiger partial charge in [-0.2, -0.15) is 0 Å². The molecule has 0 atom stereocenters. The maximum Gasteiger partial charge on any atom is 0.253 e. The number of hydrogen-bond donors (Lipinski definition) is 2. The molecule has 0 saturated carbocycles. The summed E-state index contributed by atoms with van der Waals surface area (Å²) in [5, 5.41) is 6.59. The first-order valence-corrected chi connectivity index (χ1v) is 8.99. The highest BCUT2D eigenvalue weighted by Crippen LogP contribution is 2.22. The summed E-state index contributed by atoms with van der Waals surface area (Å²) >= 11 is 9.45. The van der Waals surface area contributed by atoms with Crippen LogP contribution in [0, 0.1) is 6.92 Å². The average Bonchev–Trinajstić information content (AvgIpc) is 2.61. The lowest BCUT2D eigenvalue weighted by Crippen LogP contribution is -2.33. The van der Waals surface area contributed by atoms with E-state index in [1.807, 2.05) is 25.1 Å². The van der Waals surface area contributed by atoms with Gasteiger partial charge in [-0.3, -0.25) is 14.6 Å². The smallest absolute Gasteiger partial charge is 0.253 e. The molecule has 7 heteroatoms. The number of amides is 2. The van der Waals surface area contributed by atoms with E-state index in [9.17, 15) is 9.59 Å². The topological polar surface area (TPSA) is 71.1 Å². The molecule has 0 radical (unpaired) electrons. The Bertz CT molecular complexity index is 1010. The molecular weight excluding hydrogens is 418 g/mol. The number of aromatic nitrogens is 1. The molecule has 3 aromatic rings. The van der Waals surface area contributed by atoms with E-state index in [-0.39, 0.29) is 12.5 Å². The highest BCUT2D eigenvalue weighted by Gasteiger charge is 2.14. The van der Waals surface area contributed by atoms with Crippen LogP contribution in [0.5, 0.6) is 0 Å². The number of carbonyl (C=O) groups is 2. The minimum atomic E-state index is -0.404. The number of nitrogens with zero attached hydrogens (tertiary/aromatic N) is 1. The summed E-state index contributed by atoms with van der Waals surface area (Å²) < 4.78 is 0.932. The molecule has 0 bridgehead atoms. The van der Waals surface area contributed by atoms with Crippen molar-refractivity contribution in [2.24, 2.45) is 0 Å². The van der Waals surface area contributed by atoms with E-state index in [1.54, 1.807) is 30.5 Å². The summed E-state index contributed by atoms with van der Waals surface area (Å²) in [5.41, 5.74) is 2.49. The van der Waals surface area contributed by atoms with Gasteiger partial charge in [-0.1, -0.05) is 33.6 Å². The van der Waals surface area contributed by atoms with Gasteiger partial charge in [-0.15, -0.1) is 0 Å². The highest BCUT2D eigenvalue weighted by molar-refractivity contribution is 9.10. The van der Waals surface area contributed by atoms with Crippen molar-refractivity contribution in [3.05, 3.63) is 69.3 Å². The third kappa shape index (κ3) is 4.20. The lowest BCUT2D eigenvalue weighted by atomic mass is 10.1. The van der Waals surface area contributed by atoms with Gasteiger partial charge in [-0.25, -0.2) is 0 Å². The monoisotopic (exact) mass is 431 g/mol. The van der Waals surface area contributed by atoms with E-state index in [0.717, 1.165) is 15.4 Å². The molecule has 2 amide bonds. The first-order chi connectivity index (χ1) is 12.4. The standard InChI is InChI=1S/C19H15BrClN3O2/c1-11-7-13(20)4-5-16(11)24-17(25)10-23-19(26)15-9-14(21)8-12-3-2-6-22-18(12)15/h2-9H,10H2,1H3,(H,23,26)(H,24,25).